The molecule has 0 aromatic heterocycles. The first-order valence-electron chi connectivity index (χ1n) is 6.84. The number of rotatable bonds is 5. The number of piperidine rings is 1. The van der Waals surface area contributed by atoms with Gasteiger partial charge in [-0.05, 0) is 63.1 Å². The molecule has 1 aliphatic heterocycles. The van der Waals surface area contributed by atoms with Crippen molar-refractivity contribution in [3.63, 3.8) is 0 Å². The fourth-order valence-corrected chi connectivity index (χ4v) is 2.51. The van der Waals surface area contributed by atoms with E-state index in [0.29, 0.717) is 12.0 Å². The molecule has 0 bridgehead atoms. The summed E-state index contributed by atoms with van der Waals surface area (Å²) in [5, 5.41) is 8.90. The zero-order valence-corrected chi connectivity index (χ0v) is 11.3. The van der Waals surface area contributed by atoms with Gasteiger partial charge < -0.3 is 10.0 Å². The molecule has 2 heteroatoms. The smallest absolute Gasteiger partial charge is 0.0433 e. The molecule has 0 saturated carbocycles. The van der Waals surface area contributed by atoms with E-state index in [1.54, 1.807) is 0 Å². The Kier molecular flexibility index (Phi) is 5.77. The number of likely N-dealkylation sites (tertiary alicyclic amines) is 1. The average Bonchev–Trinajstić information content (AvgIpc) is 2.19. The molecule has 1 aliphatic rings. The van der Waals surface area contributed by atoms with Crippen molar-refractivity contribution in [2.24, 2.45) is 11.3 Å². The molecular weight excluding hydrogens is 198 g/mol. The van der Waals surface area contributed by atoms with Crippen molar-refractivity contribution < 1.29 is 5.11 Å². The molecule has 0 atom stereocenters. The van der Waals surface area contributed by atoms with Crippen molar-refractivity contribution in [3.8, 4) is 0 Å². The van der Waals surface area contributed by atoms with Crippen molar-refractivity contribution >= 4 is 0 Å². The minimum atomic E-state index is 0.370. The summed E-state index contributed by atoms with van der Waals surface area (Å²) >= 11 is 0. The van der Waals surface area contributed by atoms with E-state index in [1.807, 2.05) is 0 Å². The Labute approximate surface area is 101 Å². The Morgan fingerprint density at radius 1 is 1.19 bits per heavy atom. The summed E-state index contributed by atoms with van der Waals surface area (Å²) in [7, 11) is 0. The van der Waals surface area contributed by atoms with Gasteiger partial charge in [-0.2, -0.15) is 0 Å². The van der Waals surface area contributed by atoms with Crippen LogP contribution in [0.5, 0.6) is 0 Å². The van der Waals surface area contributed by atoms with E-state index in [0.717, 1.165) is 12.3 Å². The molecule has 1 N–H and O–H groups in total. The van der Waals surface area contributed by atoms with Gasteiger partial charge in [-0.1, -0.05) is 20.8 Å². The number of aliphatic hydroxyl groups is 1. The topological polar surface area (TPSA) is 23.5 Å². The minimum Gasteiger partial charge on any atom is -0.396 e. The fraction of sp³-hybridized carbons (Fsp3) is 1.00. The monoisotopic (exact) mass is 227 g/mol. The second-order valence-electron chi connectivity index (χ2n) is 6.46. The van der Waals surface area contributed by atoms with Crippen molar-refractivity contribution in [3.05, 3.63) is 0 Å². The van der Waals surface area contributed by atoms with E-state index < -0.39 is 0 Å². The highest BCUT2D eigenvalue weighted by atomic mass is 16.3. The van der Waals surface area contributed by atoms with Crippen LogP contribution in [0.15, 0.2) is 0 Å². The molecule has 1 rings (SSSR count). The van der Waals surface area contributed by atoms with Gasteiger partial charge >= 0.3 is 0 Å². The number of hydrogen-bond donors (Lipinski definition) is 1. The molecule has 1 fully saturated rings. The van der Waals surface area contributed by atoms with Crippen LogP contribution in [-0.4, -0.2) is 36.2 Å². The maximum Gasteiger partial charge on any atom is 0.0433 e. The summed E-state index contributed by atoms with van der Waals surface area (Å²) < 4.78 is 0. The highest BCUT2D eigenvalue weighted by molar-refractivity contribution is 4.73. The van der Waals surface area contributed by atoms with Crippen LogP contribution in [0.3, 0.4) is 0 Å². The number of hydrogen-bond acceptors (Lipinski definition) is 2. The van der Waals surface area contributed by atoms with Crippen LogP contribution < -0.4 is 0 Å². The van der Waals surface area contributed by atoms with Crippen LogP contribution >= 0.6 is 0 Å². The van der Waals surface area contributed by atoms with Gasteiger partial charge in [-0.15, -0.1) is 0 Å². The molecule has 0 unspecified atom stereocenters. The average molecular weight is 227 g/mol. The van der Waals surface area contributed by atoms with Crippen molar-refractivity contribution in [1.29, 1.82) is 0 Å². The number of aliphatic hydroxyl groups excluding tert-OH is 1. The van der Waals surface area contributed by atoms with E-state index in [9.17, 15) is 0 Å². The van der Waals surface area contributed by atoms with Gasteiger partial charge in [0.25, 0.3) is 0 Å². The first-order valence-corrected chi connectivity index (χ1v) is 6.84. The summed E-state index contributed by atoms with van der Waals surface area (Å²) in [5.74, 6) is 0.781. The maximum absolute atomic E-state index is 8.90. The second kappa shape index (κ2) is 6.61. The first-order chi connectivity index (χ1) is 7.51. The molecule has 0 aromatic rings. The predicted octanol–water partition coefficient (Wildman–Crippen LogP) is 2.91. The molecule has 0 aromatic carbocycles. The van der Waals surface area contributed by atoms with E-state index in [1.165, 1.54) is 45.3 Å². The molecule has 2 nitrogen and oxygen atoms in total. The molecule has 1 heterocycles. The molecule has 0 spiro atoms. The van der Waals surface area contributed by atoms with E-state index in [-0.39, 0.29) is 0 Å². The van der Waals surface area contributed by atoms with Gasteiger partial charge in [0, 0.05) is 6.61 Å². The van der Waals surface area contributed by atoms with Gasteiger partial charge in [0.05, 0.1) is 0 Å². The van der Waals surface area contributed by atoms with Crippen LogP contribution in [0.2, 0.25) is 0 Å². The highest BCUT2D eigenvalue weighted by Gasteiger charge is 2.18. The largest absolute Gasteiger partial charge is 0.396 e. The van der Waals surface area contributed by atoms with Crippen LogP contribution in [-0.2, 0) is 0 Å². The third kappa shape index (κ3) is 5.86. The Morgan fingerprint density at radius 2 is 1.81 bits per heavy atom. The second-order valence-corrected chi connectivity index (χ2v) is 6.46. The fourth-order valence-electron chi connectivity index (χ4n) is 2.51. The first kappa shape index (κ1) is 14.0. The Morgan fingerprint density at radius 3 is 2.31 bits per heavy atom. The molecular formula is C14H29NO. The lowest BCUT2D eigenvalue weighted by Crippen LogP contribution is -2.34. The molecule has 16 heavy (non-hydrogen) atoms. The standard InChI is InChI=1S/C14H29NO/c1-14(2,3)8-4-9-15-10-5-13(6-11-15)7-12-16/h13,16H,4-12H2,1-3H3. The van der Waals surface area contributed by atoms with Crippen molar-refractivity contribution in [1.82, 2.24) is 4.90 Å². The highest BCUT2D eigenvalue weighted by Crippen LogP contribution is 2.23. The normalized spacial score (nSPS) is 20.2. The van der Waals surface area contributed by atoms with E-state index in [4.69, 9.17) is 5.11 Å². The zero-order valence-electron chi connectivity index (χ0n) is 11.3. The lowest BCUT2D eigenvalue weighted by Gasteiger charge is -2.32. The van der Waals surface area contributed by atoms with Crippen molar-refractivity contribution in [2.75, 3.05) is 26.2 Å². The van der Waals surface area contributed by atoms with Gasteiger partial charge in [-0.3, -0.25) is 0 Å². The molecule has 1 saturated heterocycles. The van der Waals surface area contributed by atoms with Crippen LogP contribution in [0.25, 0.3) is 0 Å². The summed E-state index contributed by atoms with van der Waals surface area (Å²) in [6.07, 6.45) is 6.24. The van der Waals surface area contributed by atoms with Crippen LogP contribution in [0.4, 0.5) is 0 Å². The lowest BCUT2D eigenvalue weighted by atomic mass is 9.90. The molecule has 0 amide bonds. The maximum atomic E-state index is 8.90. The van der Waals surface area contributed by atoms with Gasteiger partial charge in [-0.25, -0.2) is 0 Å². The Hall–Kier alpha value is -0.0800. The SMILES string of the molecule is CC(C)(C)CCCN1CCC(CCO)CC1. The van der Waals surface area contributed by atoms with Crippen LogP contribution in [0.1, 0.15) is 52.9 Å². The summed E-state index contributed by atoms with van der Waals surface area (Å²) in [4.78, 5) is 2.60. The lowest BCUT2D eigenvalue weighted by molar-refractivity contribution is 0.152. The quantitative estimate of drug-likeness (QED) is 0.780. The van der Waals surface area contributed by atoms with Gasteiger partial charge in [0.1, 0.15) is 0 Å². The van der Waals surface area contributed by atoms with Crippen LogP contribution in [0, 0.1) is 11.3 Å². The zero-order chi connectivity index (χ0) is 12.0. The minimum absolute atomic E-state index is 0.370. The Bertz CT molecular complexity index is 178. The van der Waals surface area contributed by atoms with Crippen molar-refractivity contribution in [2.45, 2.75) is 52.9 Å². The van der Waals surface area contributed by atoms with Gasteiger partial charge in [0.15, 0.2) is 0 Å². The summed E-state index contributed by atoms with van der Waals surface area (Å²) in [5.41, 5.74) is 0.481. The molecule has 0 radical (unpaired) electrons. The van der Waals surface area contributed by atoms with Gasteiger partial charge in [0.2, 0.25) is 0 Å². The molecule has 0 aliphatic carbocycles. The van der Waals surface area contributed by atoms with E-state index in [2.05, 4.69) is 25.7 Å². The third-order valence-corrected chi connectivity index (χ3v) is 3.65. The summed E-state index contributed by atoms with van der Waals surface area (Å²) in [6.45, 7) is 11.1. The predicted molar refractivity (Wildman–Crippen MR) is 69.6 cm³/mol. The van der Waals surface area contributed by atoms with E-state index >= 15 is 0 Å². The summed E-state index contributed by atoms with van der Waals surface area (Å²) in [6, 6.07) is 0. The number of nitrogens with zero attached hydrogens (tertiary/aromatic N) is 1. The molecule has 96 valence electrons. The third-order valence-electron chi connectivity index (χ3n) is 3.65. The Balaban J connectivity index is 2.08.